The zero-order chi connectivity index (χ0) is 14.5. The van der Waals surface area contributed by atoms with E-state index in [1.807, 2.05) is 7.05 Å². The predicted octanol–water partition coefficient (Wildman–Crippen LogP) is 4.24. The standard InChI is InChI=1S/C18H29NO/c1-13-8-10-16(11-9-13)18(19-4)15(3)20-17-7-5-6-14(2)12-17/h8-11,14-15,17-19H,5-7,12H2,1-4H3. The molecule has 0 saturated heterocycles. The molecular weight excluding hydrogens is 246 g/mol. The van der Waals surface area contributed by atoms with Crippen molar-refractivity contribution in [2.24, 2.45) is 5.92 Å². The van der Waals surface area contributed by atoms with Crippen LogP contribution in [0.25, 0.3) is 0 Å². The van der Waals surface area contributed by atoms with Crippen molar-refractivity contribution < 1.29 is 4.74 Å². The van der Waals surface area contributed by atoms with Crippen LogP contribution in [0.5, 0.6) is 0 Å². The van der Waals surface area contributed by atoms with Crippen molar-refractivity contribution in [3.8, 4) is 0 Å². The van der Waals surface area contributed by atoms with Crippen LogP contribution in [0, 0.1) is 12.8 Å². The first-order valence-electron chi connectivity index (χ1n) is 7.99. The molecule has 1 aliphatic rings. The van der Waals surface area contributed by atoms with E-state index in [9.17, 15) is 0 Å². The summed E-state index contributed by atoms with van der Waals surface area (Å²) in [5, 5.41) is 3.41. The predicted molar refractivity (Wildman–Crippen MR) is 84.9 cm³/mol. The molecule has 0 aliphatic heterocycles. The van der Waals surface area contributed by atoms with E-state index < -0.39 is 0 Å². The van der Waals surface area contributed by atoms with Crippen LogP contribution < -0.4 is 5.32 Å². The Kier molecular flexibility index (Phi) is 5.62. The third kappa shape index (κ3) is 4.07. The van der Waals surface area contributed by atoms with Crippen molar-refractivity contribution in [1.29, 1.82) is 0 Å². The molecule has 1 saturated carbocycles. The smallest absolute Gasteiger partial charge is 0.0745 e. The normalized spacial score (nSPS) is 26.2. The number of hydrogen-bond acceptors (Lipinski definition) is 2. The highest BCUT2D eigenvalue weighted by molar-refractivity contribution is 5.24. The second-order valence-corrected chi connectivity index (χ2v) is 6.41. The molecule has 0 heterocycles. The van der Waals surface area contributed by atoms with Gasteiger partial charge in [0.25, 0.3) is 0 Å². The first kappa shape index (κ1) is 15.5. The van der Waals surface area contributed by atoms with Gasteiger partial charge in [0.15, 0.2) is 0 Å². The van der Waals surface area contributed by atoms with Crippen LogP contribution in [0.1, 0.15) is 56.7 Å². The van der Waals surface area contributed by atoms with E-state index in [2.05, 4.69) is 50.4 Å². The number of aryl methyl sites for hydroxylation is 1. The fourth-order valence-corrected chi connectivity index (χ4v) is 3.33. The zero-order valence-electron chi connectivity index (χ0n) is 13.4. The molecule has 0 spiro atoms. The average molecular weight is 275 g/mol. The zero-order valence-corrected chi connectivity index (χ0v) is 13.4. The molecule has 1 aromatic carbocycles. The van der Waals surface area contributed by atoms with Gasteiger partial charge in [0.1, 0.15) is 0 Å². The summed E-state index contributed by atoms with van der Waals surface area (Å²) >= 11 is 0. The van der Waals surface area contributed by atoms with Crippen molar-refractivity contribution in [2.75, 3.05) is 7.05 Å². The minimum absolute atomic E-state index is 0.206. The van der Waals surface area contributed by atoms with Gasteiger partial charge in [0, 0.05) is 0 Å². The maximum absolute atomic E-state index is 6.34. The van der Waals surface area contributed by atoms with E-state index in [-0.39, 0.29) is 12.1 Å². The Bertz CT molecular complexity index is 400. The first-order valence-corrected chi connectivity index (χ1v) is 7.99. The summed E-state index contributed by atoms with van der Waals surface area (Å²) in [4.78, 5) is 0. The van der Waals surface area contributed by atoms with Crippen LogP contribution in [0.3, 0.4) is 0 Å². The van der Waals surface area contributed by atoms with Crippen LogP contribution in [0.4, 0.5) is 0 Å². The Morgan fingerprint density at radius 3 is 2.50 bits per heavy atom. The summed E-state index contributed by atoms with van der Waals surface area (Å²) in [7, 11) is 2.02. The second kappa shape index (κ2) is 7.24. The molecule has 20 heavy (non-hydrogen) atoms. The maximum Gasteiger partial charge on any atom is 0.0745 e. The number of nitrogens with one attached hydrogen (secondary N) is 1. The van der Waals surface area contributed by atoms with E-state index in [4.69, 9.17) is 4.74 Å². The van der Waals surface area contributed by atoms with E-state index in [0.717, 1.165) is 5.92 Å². The molecule has 4 unspecified atom stereocenters. The largest absolute Gasteiger partial charge is 0.373 e. The van der Waals surface area contributed by atoms with Crippen molar-refractivity contribution in [1.82, 2.24) is 5.32 Å². The minimum Gasteiger partial charge on any atom is -0.373 e. The highest BCUT2D eigenvalue weighted by atomic mass is 16.5. The average Bonchev–Trinajstić information content (AvgIpc) is 2.42. The van der Waals surface area contributed by atoms with Gasteiger partial charge in [-0.2, -0.15) is 0 Å². The van der Waals surface area contributed by atoms with Crippen molar-refractivity contribution in [2.45, 2.75) is 64.7 Å². The highest BCUT2D eigenvalue weighted by Gasteiger charge is 2.25. The monoisotopic (exact) mass is 275 g/mol. The summed E-state index contributed by atoms with van der Waals surface area (Å²) in [5.74, 6) is 0.813. The molecule has 1 N–H and O–H groups in total. The van der Waals surface area contributed by atoms with Gasteiger partial charge in [-0.25, -0.2) is 0 Å². The molecular formula is C18H29NO. The van der Waals surface area contributed by atoms with E-state index in [1.165, 1.54) is 36.8 Å². The van der Waals surface area contributed by atoms with Crippen LogP contribution >= 0.6 is 0 Å². The topological polar surface area (TPSA) is 21.3 Å². The lowest BCUT2D eigenvalue weighted by Crippen LogP contribution is -2.34. The van der Waals surface area contributed by atoms with E-state index >= 15 is 0 Å². The quantitative estimate of drug-likeness (QED) is 0.868. The highest BCUT2D eigenvalue weighted by Crippen LogP contribution is 2.29. The molecule has 112 valence electrons. The summed E-state index contributed by atoms with van der Waals surface area (Å²) in [6.07, 6.45) is 5.76. The van der Waals surface area contributed by atoms with Gasteiger partial charge in [-0.15, -0.1) is 0 Å². The Labute approximate surface area is 123 Å². The molecule has 1 aromatic rings. The third-order valence-electron chi connectivity index (χ3n) is 4.51. The number of hydrogen-bond donors (Lipinski definition) is 1. The van der Waals surface area contributed by atoms with Crippen LogP contribution in [0.15, 0.2) is 24.3 Å². The number of benzene rings is 1. The summed E-state index contributed by atoms with van der Waals surface area (Å²) < 4.78 is 6.34. The molecule has 0 radical (unpaired) electrons. The lowest BCUT2D eigenvalue weighted by atomic mass is 9.88. The van der Waals surface area contributed by atoms with E-state index in [1.54, 1.807) is 0 Å². The number of rotatable bonds is 5. The fraction of sp³-hybridized carbons (Fsp3) is 0.667. The Morgan fingerprint density at radius 2 is 1.90 bits per heavy atom. The second-order valence-electron chi connectivity index (χ2n) is 6.41. The fourth-order valence-electron chi connectivity index (χ4n) is 3.33. The van der Waals surface area contributed by atoms with E-state index in [0.29, 0.717) is 6.10 Å². The summed E-state index contributed by atoms with van der Waals surface area (Å²) in [5.41, 5.74) is 2.62. The summed E-state index contributed by atoms with van der Waals surface area (Å²) in [6, 6.07) is 9.04. The van der Waals surface area contributed by atoms with Crippen LogP contribution in [-0.4, -0.2) is 19.3 Å². The summed E-state index contributed by atoms with van der Waals surface area (Å²) in [6.45, 7) is 6.66. The molecule has 2 rings (SSSR count). The van der Waals surface area contributed by atoms with Gasteiger partial charge in [-0.05, 0) is 45.2 Å². The molecule has 0 aromatic heterocycles. The van der Waals surface area contributed by atoms with Crippen molar-refractivity contribution in [3.05, 3.63) is 35.4 Å². The van der Waals surface area contributed by atoms with Gasteiger partial charge in [0.05, 0.1) is 18.2 Å². The molecule has 1 aliphatic carbocycles. The lowest BCUT2D eigenvalue weighted by Gasteiger charge is -2.32. The van der Waals surface area contributed by atoms with Gasteiger partial charge < -0.3 is 10.1 Å². The van der Waals surface area contributed by atoms with Gasteiger partial charge in [0.2, 0.25) is 0 Å². The van der Waals surface area contributed by atoms with Crippen molar-refractivity contribution >= 4 is 0 Å². The lowest BCUT2D eigenvalue weighted by molar-refractivity contribution is -0.0454. The Hall–Kier alpha value is -0.860. The van der Waals surface area contributed by atoms with Gasteiger partial charge >= 0.3 is 0 Å². The minimum atomic E-state index is 0.206. The Morgan fingerprint density at radius 1 is 1.20 bits per heavy atom. The molecule has 0 bridgehead atoms. The van der Waals surface area contributed by atoms with Crippen LogP contribution in [-0.2, 0) is 4.74 Å². The van der Waals surface area contributed by atoms with Gasteiger partial charge in [-0.3, -0.25) is 0 Å². The SMILES string of the molecule is CNC(c1ccc(C)cc1)C(C)OC1CCCC(C)C1. The molecule has 0 amide bonds. The third-order valence-corrected chi connectivity index (χ3v) is 4.51. The first-order chi connectivity index (χ1) is 9.60. The molecule has 2 nitrogen and oxygen atoms in total. The molecule has 4 atom stereocenters. The van der Waals surface area contributed by atoms with Gasteiger partial charge in [-0.1, -0.05) is 49.6 Å². The Balaban J connectivity index is 1.97. The van der Waals surface area contributed by atoms with Crippen molar-refractivity contribution in [3.63, 3.8) is 0 Å². The van der Waals surface area contributed by atoms with Crippen LogP contribution in [0.2, 0.25) is 0 Å². The molecule has 1 fully saturated rings. The molecule has 2 heteroatoms. The number of ether oxygens (including phenoxy) is 1. The maximum atomic E-state index is 6.34. The number of likely N-dealkylation sites (N-methyl/N-ethyl adjacent to an activating group) is 1.